The van der Waals surface area contributed by atoms with Gasteiger partial charge in [-0.1, -0.05) is 0 Å². The van der Waals surface area contributed by atoms with Gasteiger partial charge < -0.3 is 15.3 Å². The fraction of sp³-hybridized carbons (Fsp3) is 0.750. The highest BCUT2D eigenvalue weighted by Gasteiger charge is 2.36. The molecule has 5 N–H and O–H groups in total. The third kappa shape index (κ3) is 1.63. The molecule has 0 radical (unpaired) electrons. The smallest absolute Gasteiger partial charge is 0.353 e. The first-order valence-electron chi connectivity index (χ1n) is 2.31. The average molecular weight is 135 g/mol. The van der Waals surface area contributed by atoms with Crippen LogP contribution in [0.2, 0.25) is 0 Å². The van der Waals surface area contributed by atoms with Gasteiger partial charge in [0.15, 0.2) is 0 Å². The van der Waals surface area contributed by atoms with Crippen molar-refractivity contribution in [3.63, 3.8) is 0 Å². The second-order valence-electron chi connectivity index (χ2n) is 1.81. The molecule has 0 aromatic carbocycles. The van der Waals surface area contributed by atoms with Crippen molar-refractivity contribution in [2.45, 2.75) is 18.8 Å². The molecule has 0 spiro atoms. The van der Waals surface area contributed by atoms with E-state index in [0.29, 0.717) is 0 Å². The molecule has 5 heteroatoms. The Bertz CT molecular complexity index is 120. The van der Waals surface area contributed by atoms with Crippen LogP contribution in [0.25, 0.3) is 0 Å². The minimum Gasteiger partial charge on any atom is -0.478 e. The Morgan fingerprint density at radius 3 is 2.11 bits per heavy atom. The molecule has 0 amide bonds. The third-order valence-electron chi connectivity index (χ3n) is 0.980. The van der Waals surface area contributed by atoms with Gasteiger partial charge in [-0.3, -0.25) is 5.73 Å². The molecule has 0 aromatic rings. The highest BCUT2D eigenvalue weighted by atomic mass is 16.4. The Labute approximate surface area is 51.7 Å². The summed E-state index contributed by atoms with van der Waals surface area (Å²) in [4.78, 5) is 9.93. The zero-order valence-electron chi connectivity index (χ0n) is 4.90. The predicted molar refractivity (Wildman–Crippen MR) is 28.5 cm³/mol. The first-order valence-corrected chi connectivity index (χ1v) is 2.31. The van der Waals surface area contributed by atoms with Crippen molar-refractivity contribution in [3.05, 3.63) is 0 Å². The molecule has 2 atom stereocenters. The lowest BCUT2D eigenvalue weighted by Gasteiger charge is -2.19. The highest BCUT2D eigenvalue weighted by Crippen LogP contribution is 2.00. The molecule has 0 aliphatic rings. The first-order chi connectivity index (χ1) is 3.89. The SMILES string of the molecule is C[C@@H](O)[C@](N)(O)C(=O)O. The maximum Gasteiger partial charge on any atom is 0.353 e. The maximum atomic E-state index is 9.93. The summed E-state index contributed by atoms with van der Waals surface area (Å²) in [6.45, 7) is 1.09. The van der Waals surface area contributed by atoms with Crippen LogP contribution < -0.4 is 5.73 Å². The Balaban J connectivity index is 4.19. The van der Waals surface area contributed by atoms with E-state index in [1.807, 2.05) is 0 Å². The van der Waals surface area contributed by atoms with Crippen LogP contribution in [0.3, 0.4) is 0 Å². The van der Waals surface area contributed by atoms with Crippen molar-refractivity contribution >= 4 is 5.97 Å². The van der Waals surface area contributed by atoms with Crippen LogP contribution in [0.4, 0.5) is 0 Å². The van der Waals surface area contributed by atoms with Gasteiger partial charge in [0, 0.05) is 0 Å². The van der Waals surface area contributed by atoms with Crippen LogP contribution in [-0.2, 0) is 4.79 Å². The predicted octanol–water partition coefficient (Wildman–Crippen LogP) is -1.90. The largest absolute Gasteiger partial charge is 0.478 e. The van der Waals surface area contributed by atoms with Crippen molar-refractivity contribution in [3.8, 4) is 0 Å². The topological polar surface area (TPSA) is 104 Å². The zero-order valence-corrected chi connectivity index (χ0v) is 4.90. The number of hydrogen-bond acceptors (Lipinski definition) is 4. The van der Waals surface area contributed by atoms with E-state index < -0.39 is 17.8 Å². The number of rotatable bonds is 2. The summed E-state index contributed by atoms with van der Waals surface area (Å²) in [7, 11) is 0. The molecular weight excluding hydrogens is 126 g/mol. The summed E-state index contributed by atoms with van der Waals surface area (Å²) < 4.78 is 0. The molecular formula is C4H9NO4. The fourth-order valence-electron chi connectivity index (χ4n) is 0.179. The molecule has 0 bridgehead atoms. The molecule has 0 fully saturated rings. The minimum absolute atomic E-state index is 1.09. The number of nitrogens with two attached hydrogens (primary N) is 1. The van der Waals surface area contributed by atoms with Crippen molar-refractivity contribution in [1.82, 2.24) is 0 Å². The molecule has 0 saturated heterocycles. The first kappa shape index (κ1) is 8.35. The second kappa shape index (κ2) is 2.30. The molecule has 0 aliphatic heterocycles. The van der Waals surface area contributed by atoms with Crippen LogP contribution in [-0.4, -0.2) is 33.1 Å². The van der Waals surface area contributed by atoms with Gasteiger partial charge in [0.1, 0.15) is 6.10 Å². The van der Waals surface area contributed by atoms with Gasteiger partial charge in [-0.25, -0.2) is 4.79 Å². The molecule has 5 nitrogen and oxygen atoms in total. The van der Waals surface area contributed by atoms with E-state index in [1.54, 1.807) is 0 Å². The van der Waals surface area contributed by atoms with E-state index in [9.17, 15) is 4.79 Å². The van der Waals surface area contributed by atoms with Gasteiger partial charge in [0.2, 0.25) is 5.72 Å². The summed E-state index contributed by atoms with van der Waals surface area (Å²) in [6.07, 6.45) is -1.48. The Kier molecular flexibility index (Phi) is 2.13. The van der Waals surface area contributed by atoms with E-state index in [-0.39, 0.29) is 0 Å². The highest BCUT2D eigenvalue weighted by molar-refractivity contribution is 5.76. The van der Waals surface area contributed by atoms with E-state index in [0.717, 1.165) is 6.92 Å². The number of aliphatic carboxylic acids is 1. The quantitative estimate of drug-likeness (QED) is 0.331. The van der Waals surface area contributed by atoms with Crippen LogP contribution in [0, 0.1) is 0 Å². The second-order valence-corrected chi connectivity index (χ2v) is 1.81. The van der Waals surface area contributed by atoms with Gasteiger partial charge in [-0.2, -0.15) is 0 Å². The van der Waals surface area contributed by atoms with Gasteiger partial charge in [-0.05, 0) is 6.92 Å². The van der Waals surface area contributed by atoms with Crippen molar-refractivity contribution < 1.29 is 20.1 Å². The van der Waals surface area contributed by atoms with Gasteiger partial charge in [0.05, 0.1) is 0 Å². The Morgan fingerprint density at radius 1 is 1.78 bits per heavy atom. The van der Waals surface area contributed by atoms with Gasteiger partial charge in [-0.15, -0.1) is 0 Å². The normalized spacial score (nSPS) is 20.4. The average Bonchev–Trinajstić information content (AvgIpc) is 1.65. The standard InChI is InChI=1S/C4H9NO4/c1-2(6)4(5,9)3(7)8/h2,6,9H,5H2,1H3,(H,7,8)/t2-,4+/m1/s1. The van der Waals surface area contributed by atoms with Crippen LogP contribution >= 0.6 is 0 Å². The molecule has 0 saturated carbocycles. The van der Waals surface area contributed by atoms with Gasteiger partial charge in [0.25, 0.3) is 0 Å². The molecule has 0 aromatic heterocycles. The van der Waals surface area contributed by atoms with E-state index >= 15 is 0 Å². The molecule has 0 rings (SSSR count). The number of aliphatic hydroxyl groups is 2. The number of carboxylic acid groups (broad SMARTS) is 1. The summed E-state index contributed by atoms with van der Waals surface area (Å²) in [5, 5.41) is 25.2. The van der Waals surface area contributed by atoms with Crippen molar-refractivity contribution in [1.29, 1.82) is 0 Å². The maximum absolute atomic E-state index is 9.93. The molecule has 9 heavy (non-hydrogen) atoms. The van der Waals surface area contributed by atoms with Crippen LogP contribution in [0.15, 0.2) is 0 Å². The number of carbonyl (C=O) groups is 1. The lowest BCUT2D eigenvalue weighted by atomic mass is 10.1. The van der Waals surface area contributed by atoms with E-state index in [4.69, 9.17) is 21.1 Å². The number of aliphatic hydroxyl groups excluding tert-OH is 1. The van der Waals surface area contributed by atoms with Crippen molar-refractivity contribution in [2.75, 3.05) is 0 Å². The lowest BCUT2D eigenvalue weighted by molar-refractivity contribution is -0.169. The summed E-state index contributed by atoms with van der Waals surface area (Å²) in [6, 6.07) is 0. The summed E-state index contributed by atoms with van der Waals surface area (Å²) in [5.41, 5.74) is 2.18. The van der Waals surface area contributed by atoms with Crippen LogP contribution in [0.1, 0.15) is 6.92 Å². The van der Waals surface area contributed by atoms with E-state index in [2.05, 4.69) is 0 Å². The molecule has 0 aliphatic carbocycles. The lowest BCUT2D eigenvalue weighted by Crippen LogP contribution is -2.56. The number of hydrogen-bond donors (Lipinski definition) is 4. The fourth-order valence-corrected chi connectivity index (χ4v) is 0.179. The van der Waals surface area contributed by atoms with Gasteiger partial charge >= 0.3 is 5.97 Å². The Hall–Kier alpha value is -0.650. The number of carboxylic acids is 1. The third-order valence-corrected chi connectivity index (χ3v) is 0.980. The zero-order chi connectivity index (χ0) is 7.65. The summed E-state index contributed by atoms with van der Waals surface area (Å²) >= 11 is 0. The Morgan fingerprint density at radius 2 is 2.11 bits per heavy atom. The molecule has 0 heterocycles. The minimum atomic E-state index is -2.53. The van der Waals surface area contributed by atoms with Crippen LogP contribution in [0.5, 0.6) is 0 Å². The summed E-state index contributed by atoms with van der Waals surface area (Å²) in [5.74, 6) is -1.64. The molecule has 0 unspecified atom stereocenters. The monoisotopic (exact) mass is 135 g/mol. The van der Waals surface area contributed by atoms with E-state index in [1.165, 1.54) is 0 Å². The van der Waals surface area contributed by atoms with Crippen molar-refractivity contribution in [2.24, 2.45) is 5.73 Å². The molecule has 54 valence electrons.